The summed E-state index contributed by atoms with van der Waals surface area (Å²) in [6, 6.07) is 0. The molecule has 2 unspecified atom stereocenters. The van der Waals surface area contributed by atoms with Gasteiger partial charge in [-0.25, -0.2) is 0 Å². The summed E-state index contributed by atoms with van der Waals surface area (Å²) in [7, 11) is -0.350. The second kappa shape index (κ2) is 4.14. The van der Waals surface area contributed by atoms with Crippen LogP contribution in [0.25, 0.3) is 0 Å². The van der Waals surface area contributed by atoms with Crippen LogP contribution in [0.5, 0.6) is 0 Å². The first-order valence-corrected chi connectivity index (χ1v) is 6.11. The van der Waals surface area contributed by atoms with Crippen LogP contribution in [-0.4, -0.2) is 55.4 Å². The van der Waals surface area contributed by atoms with E-state index in [0.717, 1.165) is 0 Å². The van der Waals surface area contributed by atoms with E-state index in [1.807, 2.05) is 6.92 Å². The number of piperidine rings is 1. The lowest BCUT2D eigenvalue weighted by molar-refractivity contribution is 0.0588. The number of aliphatic hydroxyl groups excluding tert-OH is 1. The Bertz CT molecular complexity index is 289. The van der Waals surface area contributed by atoms with Gasteiger partial charge in [-0.1, -0.05) is 6.92 Å². The molecule has 1 N–H and O–H groups in total. The fraction of sp³-hybridized carbons (Fsp3) is 1.00. The number of β-amino-alcohol motifs (C(OH)–C–C–N with tert-alkyl or cyclic N) is 1. The Morgan fingerprint density at radius 3 is 2.43 bits per heavy atom. The van der Waals surface area contributed by atoms with Gasteiger partial charge >= 0.3 is 0 Å². The summed E-state index contributed by atoms with van der Waals surface area (Å²) in [6.45, 7) is 2.64. The molecular weight excluding hydrogens is 204 g/mol. The molecule has 0 aromatic carbocycles. The molecule has 5 nitrogen and oxygen atoms in total. The SMILES string of the molecule is CC1CCN(S(=O)(=O)N(C)C)CC1O. The molecule has 0 spiro atoms. The van der Waals surface area contributed by atoms with E-state index in [1.54, 1.807) is 0 Å². The maximum Gasteiger partial charge on any atom is 0.281 e. The Morgan fingerprint density at radius 2 is 2.00 bits per heavy atom. The van der Waals surface area contributed by atoms with Gasteiger partial charge in [0.2, 0.25) is 0 Å². The summed E-state index contributed by atoms with van der Waals surface area (Å²) < 4.78 is 25.9. The van der Waals surface area contributed by atoms with Crippen LogP contribution in [-0.2, 0) is 10.2 Å². The van der Waals surface area contributed by atoms with Crippen molar-refractivity contribution in [3.8, 4) is 0 Å². The molecule has 0 amide bonds. The van der Waals surface area contributed by atoms with Crippen molar-refractivity contribution in [2.24, 2.45) is 5.92 Å². The Morgan fingerprint density at radius 1 is 1.43 bits per heavy atom. The minimum absolute atomic E-state index is 0.184. The average Bonchev–Trinajstić information content (AvgIpc) is 2.09. The lowest BCUT2D eigenvalue weighted by Crippen LogP contribution is -2.49. The maximum atomic E-state index is 11.7. The van der Waals surface area contributed by atoms with Gasteiger partial charge in [-0.2, -0.15) is 17.0 Å². The van der Waals surface area contributed by atoms with E-state index >= 15 is 0 Å². The lowest BCUT2D eigenvalue weighted by Gasteiger charge is -2.34. The highest BCUT2D eigenvalue weighted by atomic mass is 32.2. The topological polar surface area (TPSA) is 60.9 Å². The maximum absolute atomic E-state index is 11.7. The predicted octanol–water partition coefficient (Wildman–Crippen LogP) is -0.504. The van der Waals surface area contributed by atoms with Crippen LogP contribution in [0.15, 0.2) is 0 Å². The highest BCUT2D eigenvalue weighted by molar-refractivity contribution is 7.86. The number of aliphatic hydroxyl groups is 1. The monoisotopic (exact) mass is 222 g/mol. The van der Waals surface area contributed by atoms with Crippen LogP contribution < -0.4 is 0 Å². The first-order chi connectivity index (χ1) is 6.35. The van der Waals surface area contributed by atoms with Crippen molar-refractivity contribution in [3.63, 3.8) is 0 Å². The van der Waals surface area contributed by atoms with Crippen LogP contribution in [0.2, 0.25) is 0 Å². The first-order valence-electron chi connectivity index (χ1n) is 4.71. The molecule has 2 atom stereocenters. The minimum Gasteiger partial charge on any atom is -0.391 e. The van der Waals surface area contributed by atoms with Crippen molar-refractivity contribution in [1.82, 2.24) is 8.61 Å². The summed E-state index contributed by atoms with van der Waals surface area (Å²) in [5.41, 5.74) is 0. The molecule has 1 saturated heterocycles. The molecule has 1 fully saturated rings. The summed E-state index contributed by atoms with van der Waals surface area (Å²) in [6.07, 6.45) is 0.173. The van der Waals surface area contributed by atoms with Gasteiger partial charge < -0.3 is 5.11 Å². The standard InChI is InChI=1S/C8H18N2O3S/c1-7-4-5-10(6-8(7)11)14(12,13)9(2)3/h7-8,11H,4-6H2,1-3H3. The second-order valence-electron chi connectivity index (χ2n) is 3.98. The third-order valence-electron chi connectivity index (χ3n) is 2.67. The molecule has 1 aliphatic heterocycles. The molecule has 6 heteroatoms. The Hall–Kier alpha value is -0.170. The van der Waals surface area contributed by atoms with Gasteiger partial charge in [0.15, 0.2) is 0 Å². The van der Waals surface area contributed by atoms with Crippen molar-refractivity contribution in [1.29, 1.82) is 0 Å². The average molecular weight is 222 g/mol. The first kappa shape index (κ1) is 11.9. The highest BCUT2D eigenvalue weighted by Crippen LogP contribution is 2.20. The third kappa shape index (κ3) is 2.25. The minimum atomic E-state index is -3.35. The van der Waals surface area contributed by atoms with E-state index < -0.39 is 16.3 Å². The molecule has 0 aliphatic carbocycles. The highest BCUT2D eigenvalue weighted by Gasteiger charge is 2.32. The molecular formula is C8H18N2O3S. The van der Waals surface area contributed by atoms with Crippen molar-refractivity contribution >= 4 is 10.2 Å². The van der Waals surface area contributed by atoms with Crippen LogP contribution in [0.1, 0.15) is 13.3 Å². The Kier molecular flexibility index (Phi) is 3.52. The molecule has 1 aliphatic rings. The number of nitrogens with zero attached hydrogens (tertiary/aromatic N) is 2. The molecule has 84 valence electrons. The van der Waals surface area contributed by atoms with Crippen LogP contribution in [0, 0.1) is 5.92 Å². The zero-order valence-electron chi connectivity index (χ0n) is 8.84. The van der Waals surface area contributed by atoms with Gasteiger partial charge in [-0.15, -0.1) is 0 Å². The number of hydrogen-bond donors (Lipinski definition) is 1. The van der Waals surface area contributed by atoms with E-state index in [-0.39, 0.29) is 12.5 Å². The molecule has 0 aromatic rings. The smallest absolute Gasteiger partial charge is 0.281 e. The summed E-state index contributed by atoms with van der Waals surface area (Å²) in [5, 5.41) is 9.57. The summed E-state index contributed by atoms with van der Waals surface area (Å²) in [4.78, 5) is 0. The van der Waals surface area contributed by atoms with Crippen molar-refractivity contribution < 1.29 is 13.5 Å². The fourth-order valence-electron chi connectivity index (χ4n) is 1.46. The third-order valence-corrected chi connectivity index (χ3v) is 4.58. The van der Waals surface area contributed by atoms with Gasteiger partial charge in [-0.05, 0) is 12.3 Å². The normalized spacial score (nSPS) is 30.9. The van der Waals surface area contributed by atoms with Crippen molar-refractivity contribution in [2.45, 2.75) is 19.4 Å². The number of hydrogen-bond acceptors (Lipinski definition) is 3. The molecule has 1 rings (SSSR count). The predicted molar refractivity (Wildman–Crippen MR) is 54.0 cm³/mol. The Labute approximate surface area is 85.5 Å². The zero-order valence-corrected chi connectivity index (χ0v) is 9.66. The molecule has 1 heterocycles. The van der Waals surface area contributed by atoms with Crippen LogP contribution in [0.3, 0.4) is 0 Å². The molecule has 0 aromatic heterocycles. The molecule has 0 bridgehead atoms. The van der Waals surface area contributed by atoms with E-state index in [1.165, 1.54) is 22.7 Å². The van der Waals surface area contributed by atoms with Crippen molar-refractivity contribution in [3.05, 3.63) is 0 Å². The fourth-order valence-corrected chi connectivity index (χ4v) is 2.60. The number of rotatable bonds is 2. The van der Waals surface area contributed by atoms with Gasteiger partial charge in [0.1, 0.15) is 0 Å². The quantitative estimate of drug-likeness (QED) is 0.685. The molecule has 0 saturated carbocycles. The van der Waals surface area contributed by atoms with Gasteiger partial charge in [0, 0.05) is 27.2 Å². The van der Waals surface area contributed by atoms with Crippen LogP contribution >= 0.6 is 0 Å². The van der Waals surface area contributed by atoms with Crippen molar-refractivity contribution in [2.75, 3.05) is 27.2 Å². The van der Waals surface area contributed by atoms with E-state index in [4.69, 9.17) is 0 Å². The second-order valence-corrected chi connectivity index (χ2v) is 6.12. The summed E-state index contributed by atoms with van der Waals surface area (Å²) >= 11 is 0. The van der Waals surface area contributed by atoms with E-state index in [0.29, 0.717) is 13.0 Å². The zero-order chi connectivity index (χ0) is 10.9. The van der Waals surface area contributed by atoms with E-state index in [2.05, 4.69) is 0 Å². The van der Waals surface area contributed by atoms with Gasteiger partial charge in [0.05, 0.1) is 6.10 Å². The van der Waals surface area contributed by atoms with Gasteiger partial charge in [0.25, 0.3) is 10.2 Å². The van der Waals surface area contributed by atoms with Gasteiger partial charge in [-0.3, -0.25) is 0 Å². The summed E-state index contributed by atoms with van der Waals surface area (Å²) in [5.74, 6) is 0.184. The Balaban J connectivity index is 2.73. The lowest BCUT2D eigenvalue weighted by atomic mass is 9.98. The van der Waals surface area contributed by atoms with E-state index in [9.17, 15) is 13.5 Å². The molecule has 0 radical (unpaired) electrons. The molecule has 14 heavy (non-hydrogen) atoms. The van der Waals surface area contributed by atoms with Crippen LogP contribution in [0.4, 0.5) is 0 Å². The largest absolute Gasteiger partial charge is 0.391 e.